The molecule has 1 fully saturated rings. The fraction of sp³-hybridized carbons (Fsp3) is 0.364. The highest BCUT2D eigenvalue weighted by atomic mass is 19.3. The summed E-state index contributed by atoms with van der Waals surface area (Å²) in [7, 11) is 0. The molecule has 0 bridgehead atoms. The van der Waals surface area contributed by atoms with Crippen LogP contribution in [0, 0.1) is 0 Å². The highest BCUT2D eigenvalue weighted by molar-refractivity contribution is 5.80. The van der Waals surface area contributed by atoms with E-state index in [9.17, 15) is 13.6 Å². The monoisotopic (exact) mass is 226 g/mol. The maximum absolute atomic E-state index is 12.3. The molecule has 0 radical (unpaired) electrons. The molecule has 1 saturated heterocycles. The molecule has 1 atom stereocenters. The van der Waals surface area contributed by atoms with Crippen LogP contribution in [-0.2, 0) is 4.79 Å². The van der Waals surface area contributed by atoms with Crippen LogP contribution in [0.15, 0.2) is 30.3 Å². The van der Waals surface area contributed by atoms with E-state index in [1.54, 1.807) is 0 Å². The Morgan fingerprint density at radius 1 is 1.38 bits per heavy atom. The topological polar surface area (TPSA) is 32.3 Å². The van der Waals surface area contributed by atoms with Crippen LogP contribution in [0.1, 0.15) is 11.7 Å². The van der Waals surface area contributed by atoms with Gasteiger partial charge in [-0.3, -0.25) is 10.1 Å². The van der Waals surface area contributed by atoms with E-state index < -0.39 is 19.1 Å². The lowest BCUT2D eigenvalue weighted by Gasteiger charge is -2.24. The molecule has 16 heavy (non-hydrogen) atoms. The van der Waals surface area contributed by atoms with Crippen molar-refractivity contribution >= 4 is 5.91 Å². The minimum Gasteiger partial charge on any atom is -0.316 e. The van der Waals surface area contributed by atoms with Crippen LogP contribution in [-0.4, -0.2) is 30.3 Å². The molecular formula is C11H12F2N2O. The number of benzene rings is 1. The van der Waals surface area contributed by atoms with Crippen LogP contribution in [0.4, 0.5) is 8.78 Å². The van der Waals surface area contributed by atoms with Crippen molar-refractivity contribution in [3.8, 4) is 0 Å². The molecule has 2 rings (SSSR count). The maximum Gasteiger partial charge on any atom is 0.255 e. The number of carbonyl (C=O) groups is 1. The second kappa shape index (κ2) is 4.57. The van der Waals surface area contributed by atoms with E-state index in [2.05, 4.69) is 5.32 Å². The average Bonchev–Trinajstić information content (AvgIpc) is 2.61. The number of amides is 1. The number of nitrogens with zero attached hydrogens (tertiary/aromatic N) is 1. The zero-order chi connectivity index (χ0) is 11.5. The van der Waals surface area contributed by atoms with Crippen molar-refractivity contribution < 1.29 is 13.6 Å². The van der Waals surface area contributed by atoms with Crippen LogP contribution in [0.3, 0.4) is 0 Å². The van der Waals surface area contributed by atoms with E-state index in [1.807, 2.05) is 30.3 Å². The Balaban J connectivity index is 2.18. The zero-order valence-electron chi connectivity index (χ0n) is 8.57. The third-order valence-electron chi connectivity index (χ3n) is 2.53. The lowest BCUT2D eigenvalue weighted by Crippen LogP contribution is -2.34. The highest BCUT2D eigenvalue weighted by Crippen LogP contribution is 2.22. The van der Waals surface area contributed by atoms with Crippen molar-refractivity contribution in [2.45, 2.75) is 12.6 Å². The average molecular weight is 226 g/mol. The summed E-state index contributed by atoms with van der Waals surface area (Å²) in [5.74, 6) is -0.283. The Morgan fingerprint density at radius 2 is 2.06 bits per heavy atom. The summed E-state index contributed by atoms with van der Waals surface area (Å²) in [6.07, 6.45) is -2.93. The molecule has 1 aromatic rings. The third kappa shape index (κ3) is 2.19. The summed E-state index contributed by atoms with van der Waals surface area (Å²) in [5, 5.41) is 2.92. The Bertz CT molecular complexity index is 370. The molecule has 1 amide bonds. The molecule has 86 valence electrons. The molecule has 0 aromatic heterocycles. The SMILES string of the molecule is O=C1CNC(c2ccccc2)N1CC(F)F. The van der Waals surface area contributed by atoms with Crippen molar-refractivity contribution in [1.82, 2.24) is 10.2 Å². The van der Waals surface area contributed by atoms with E-state index in [1.165, 1.54) is 4.90 Å². The number of hydrogen-bond acceptors (Lipinski definition) is 2. The van der Waals surface area contributed by atoms with Crippen molar-refractivity contribution in [1.29, 1.82) is 0 Å². The first-order valence-electron chi connectivity index (χ1n) is 5.04. The summed E-state index contributed by atoms with van der Waals surface area (Å²) in [4.78, 5) is 12.6. The third-order valence-corrected chi connectivity index (χ3v) is 2.53. The Labute approximate surface area is 92.1 Å². The van der Waals surface area contributed by atoms with E-state index >= 15 is 0 Å². The molecule has 0 spiro atoms. The molecule has 1 aromatic carbocycles. The number of rotatable bonds is 3. The predicted molar refractivity (Wildman–Crippen MR) is 54.9 cm³/mol. The Hall–Kier alpha value is -1.49. The van der Waals surface area contributed by atoms with Gasteiger partial charge in [0.25, 0.3) is 6.43 Å². The smallest absolute Gasteiger partial charge is 0.255 e. The Kier molecular flexibility index (Phi) is 3.14. The number of alkyl halides is 2. The van der Waals surface area contributed by atoms with Crippen LogP contribution in [0.2, 0.25) is 0 Å². The number of halogens is 2. The quantitative estimate of drug-likeness (QED) is 0.844. The van der Waals surface area contributed by atoms with Gasteiger partial charge in [0.2, 0.25) is 5.91 Å². The van der Waals surface area contributed by atoms with Gasteiger partial charge in [0, 0.05) is 0 Å². The molecule has 1 aliphatic heterocycles. The molecular weight excluding hydrogens is 214 g/mol. The summed E-state index contributed by atoms with van der Waals surface area (Å²) in [6, 6.07) is 9.11. The van der Waals surface area contributed by atoms with Gasteiger partial charge in [0.1, 0.15) is 6.17 Å². The lowest BCUT2D eigenvalue weighted by atomic mass is 10.1. The van der Waals surface area contributed by atoms with Gasteiger partial charge in [-0.15, -0.1) is 0 Å². The van der Waals surface area contributed by atoms with Gasteiger partial charge in [-0.25, -0.2) is 8.78 Å². The van der Waals surface area contributed by atoms with Gasteiger partial charge in [0.15, 0.2) is 0 Å². The summed E-state index contributed by atoms with van der Waals surface area (Å²) in [5.41, 5.74) is 0.828. The fourth-order valence-corrected chi connectivity index (χ4v) is 1.83. The van der Waals surface area contributed by atoms with Crippen LogP contribution < -0.4 is 5.32 Å². The van der Waals surface area contributed by atoms with Gasteiger partial charge in [0.05, 0.1) is 13.1 Å². The van der Waals surface area contributed by atoms with Crippen molar-refractivity contribution in [2.24, 2.45) is 0 Å². The molecule has 3 nitrogen and oxygen atoms in total. The predicted octanol–water partition coefficient (Wildman–Crippen LogP) is 1.38. The summed E-state index contributed by atoms with van der Waals surface area (Å²) < 4.78 is 24.7. The molecule has 1 heterocycles. The van der Waals surface area contributed by atoms with Crippen molar-refractivity contribution in [2.75, 3.05) is 13.1 Å². The first-order valence-corrected chi connectivity index (χ1v) is 5.04. The fourth-order valence-electron chi connectivity index (χ4n) is 1.83. The molecule has 0 saturated carbocycles. The molecule has 1 aliphatic rings. The number of hydrogen-bond donors (Lipinski definition) is 1. The van der Waals surface area contributed by atoms with Gasteiger partial charge in [-0.05, 0) is 5.56 Å². The van der Waals surface area contributed by atoms with Crippen LogP contribution >= 0.6 is 0 Å². The molecule has 5 heteroatoms. The van der Waals surface area contributed by atoms with Crippen molar-refractivity contribution in [3.63, 3.8) is 0 Å². The molecule has 1 N–H and O–H groups in total. The minimum absolute atomic E-state index is 0.117. The minimum atomic E-state index is -2.50. The summed E-state index contributed by atoms with van der Waals surface area (Å²) >= 11 is 0. The van der Waals surface area contributed by atoms with E-state index in [4.69, 9.17) is 0 Å². The first kappa shape index (κ1) is 11.0. The van der Waals surface area contributed by atoms with Crippen LogP contribution in [0.5, 0.6) is 0 Å². The second-order valence-electron chi connectivity index (χ2n) is 3.63. The van der Waals surface area contributed by atoms with E-state index in [0.29, 0.717) is 0 Å². The van der Waals surface area contributed by atoms with Crippen molar-refractivity contribution in [3.05, 3.63) is 35.9 Å². The van der Waals surface area contributed by atoms with Gasteiger partial charge in [-0.1, -0.05) is 30.3 Å². The molecule has 1 unspecified atom stereocenters. The van der Waals surface area contributed by atoms with Gasteiger partial charge >= 0.3 is 0 Å². The maximum atomic E-state index is 12.3. The Morgan fingerprint density at radius 3 is 2.69 bits per heavy atom. The highest BCUT2D eigenvalue weighted by Gasteiger charge is 2.32. The number of nitrogens with one attached hydrogen (secondary N) is 1. The van der Waals surface area contributed by atoms with Crippen LogP contribution in [0.25, 0.3) is 0 Å². The largest absolute Gasteiger partial charge is 0.316 e. The second-order valence-corrected chi connectivity index (χ2v) is 3.63. The zero-order valence-corrected chi connectivity index (χ0v) is 8.57. The standard InChI is InChI=1S/C11H12F2N2O/c12-9(13)7-15-10(16)6-14-11(15)8-4-2-1-3-5-8/h1-5,9,11,14H,6-7H2. The van der Waals surface area contributed by atoms with E-state index in [-0.39, 0.29) is 12.5 Å². The lowest BCUT2D eigenvalue weighted by molar-refractivity contribution is -0.130. The van der Waals surface area contributed by atoms with Gasteiger partial charge < -0.3 is 4.90 Å². The van der Waals surface area contributed by atoms with E-state index in [0.717, 1.165) is 5.56 Å². The molecule has 0 aliphatic carbocycles. The summed E-state index contributed by atoms with van der Waals surface area (Å²) in [6.45, 7) is -0.405. The number of carbonyl (C=O) groups excluding carboxylic acids is 1. The normalized spacial score (nSPS) is 20.8. The first-order chi connectivity index (χ1) is 7.68. The van der Waals surface area contributed by atoms with Gasteiger partial charge in [-0.2, -0.15) is 0 Å².